The van der Waals surface area contributed by atoms with Gasteiger partial charge in [-0.3, -0.25) is 0 Å². The van der Waals surface area contributed by atoms with Crippen LogP contribution in [0.1, 0.15) is 5.56 Å². The van der Waals surface area contributed by atoms with E-state index < -0.39 is 0 Å². The summed E-state index contributed by atoms with van der Waals surface area (Å²) in [7, 11) is 1.98. The summed E-state index contributed by atoms with van der Waals surface area (Å²) in [5.41, 5.74) is 1.64. The fourth-order valence-corrected chi connectivity index (χ4v) is 1.47. The Balaban J connectivity index is 2.52. The van der Waals surface area contributed by atoms with E-state index in [0.29, 0.717) is 17.9 Å². The van der Waals surface area contributed by atoms with Crippen molar-refractivity contribution in [2.75, 3.05) is 25.1 Å². The fourth-order valence-electron chi connectivity index (χ4n) is 1.47. The Hall–Kier alpha value is -1.25. The van der Waals surface area contributed by atoms with Crippen LogP contribution in [-0.4, -0.2) is 20.2 Å². The second-order valence-electron chi connectivity index (χ2n) is 3.34. The summed E-state index contributed by atoms with van der Waals surface area (Å²) in [4.78, 5) is 2.07. The molecule has 1 aromatic carbocycles. The number of hydrogen-bond acceptors (Lipinski definition) is 2. The maximum absolute atomic E-state index is 13.1. The molecule has 2 rings (SSSR count). The molecule has 0 amide bonds. The maximum atomic E-state index is 13.1. The lowest BCUT2D eigenvalue weighted by atomic mass is 10.1. The predicted octanol–water partition coefficient (Wildman–Crippen LogP) is 1.96. The highest BCUT2D eigenvalue weighted by molar-refractivity contribution is 5.61. The Morgan fingerprint density at radius 3 is 3.00 bits per heavy atom. The minimum Gasteiger partial charge on any atom is -0.489 e. The molecule has 0 fully saturated rings. The van der Waals surface area contributed by atoms with E-state index in [4.69, 9.17) is 4.74 Å². The SMILES string of the molecule is Cc1cc2c(cc1F)OCCN2C. The standard InChI is InChI=1S/C10H12FNO/c1-7-5-9-10(6-8(7)11)13-4-3-12(9)2/h5-6H,3-4H2,1-2H3. The molecule has 2 nitrogen and oxygen atoms in total. The Bertz CT molecular complexity index is 338. The van der Waals surface area contributed by atoms with Crippen molar-refractivity contribution >= 4 is 5.69 Å². The van der Waals surface area contributed by atoms with Crippen molar-refractivity contribution in [3.63, 3.8) is 0 Å². The van der Waals surface area contributed by atoms with Gasteiger partial charge in [0.25, 0.3) is 0 Å². The number of ether oxygens (including phenoxy) is 1. The molecule has 0 saturated carbocycles. The van der Waals surface area contributed by atoms with Gasteiger partial charge in [-0.05, 0) is 18.6 Å². The highest BCUT2D eigenvalue weighted by atomic mass is 19.1. The number of benzene rings is 1. The number of aryl methyl sites for hydroxylation is 1. The van der Waals surface area contributed by atoms with Crippen molar-refractivity contribution in [3.8, 4) is 5.75 Å². The summed E-state index contributed by atoms with van der Waals surface area (Å²) in [6.07, 6.45) is 0. The average Bonchev–Trinajstić information content (AvgIpc) is 2.09. The predicted molar refractivity (Wildman–Crippen MR) is 49.9 cm³/mol. The van der Waals surface area contributed by atoms with Gasteiger partial charge in [0.05, 0.1) is 12.2 Å². The lowest BCUT2D eigenvalue weighted by Gasteiger charge is -2.28. The minimum absolute atomic E-state index is 0.200. The third-order valence-corrected chi connectivity index (χ3v) is 2.34. The van der Waals surface area contributed by atoms with Gasteiger partial charge >= 0.3 is 0 Å². The molecule has 0 unspecified atom stereocenters. The molecule has 3 heteroatoms. The first-order valence-corrected chi connectivity index (χ1v) is 4.32. The highest BCUT2D eigenvalue weighted by Crippen LogP contribution is 2.32. The number of halogens is 1. The van der Waals surface area contributed by atoms with Crippen LogP contribution >= 0.6 is 0 Å². The highest BCUT2D eigenvalue weighted by Gasteiger charge is 2.16. The molecular formula is C10H12FNO. The van der Waals surface area contributed by atoms with Gasteiger partial charge < -0.3 is 9.64 Å². The second kappa shape index (κ2) is 2.91. The van der Waals surface area contributed by atoms with Crippen LogP contribution in [0.3, 0.4) is 0 Å². The molecule has 0 radical (unpaired) electrons. The van der Waals surface area contributed by atoms with E-state index in [0.717, 1.165) is 12.2 Å². The number of hydrogen-bond donors (Lipinski definition) is 0. The molecule has 0 atom stereocenters. The van der Waals surface area contributed by atoms with Crippen LogP contribution in [0.5, 0.6) is 5.75 Å². The van der Waals surface area contributed by atoms with E-state index >= 15 is 0 Å². The Morgan fingerprint density at radius 2 is 2.23 bits per heavy atom. The molecule has 70 valence electrons. The lowest BCUT2D eigenvalue weighted by molar-refractivity contribution is 0.309. The van der Waals surface area contributed by atoms with E-state index in [-0.39, 0.29) is 5.82 Å². The Morgan fingerprint density at radius 1 is 1.46 bits per heavy atom. The van der Waals surface area contributed by atoms with Crippen LogP contribution in [0.4, 0.5) is 10.1 Å². The fraction of sp³-hybridized carbons (Fsp3) is 0.400. The first-order valence-electron chi connectivity index (χ1n) is 4.32. The minimum atomic E-state index is -0.200. The molecule has 0 saturated heterocycles. The van der Waals surface area contributed by atoms with Gasteiger partial charge in [0.15, 0.2) is 0 Å². The van der Waals surface area contributed by atoms with Crippen LogP contribution in [-0.2, 0) is 0 Å². The summed E-state index contributed by atoms with van der Waals surface area (Å²) in [5, 5.41) is 0. The molecule has 0 spiro atoms. The smallest absolute Gasteiger partial charge is 0.145 e. The van der Waals surface area contributed by atoms with E-state index in [1.807, 2.05) is 13.1 Å². The van der Waals surface area contributed by atoms with Crippen molar-refractivity contribution in [1.82, 2.24) is 0 Å². The molecule has 1 aromatic rings. The van der Waals surface area contributed by atoms with E-state index in [1.165, 1.54) is 6.07 Å². The van der Waals surface area contributed by atoms with Crippen LogP contribution in [0.2, 0.25) is 0 Å². The molecule has 0 aromatic heterocycles. The van der Waals surface area contributed by atoms with Crippen LogP contribution in [0, 0.1) is 12.7 Å². The first-order chi connectivity index (χ1) is 6.18. The van der Waals surface area contributed by atoms with Crippen LogP contribution < -0.4 is 9.64 Å². The number of fused-ring (bicyclic) bond motifs is 1. The third-order valence-electron chi connectivity index (χ3n) is 2.34. The maximum Gasteiger partial charge on any atom is 0.145 e. The molecule has 0 bridgehead atoms. The number of likely N-dealkylation sites (N-methyl/N-ethyl adjacent to an activating group) is 1. The normalized spacial score (nSPS) is 15.2. The third kappa shape index (κ3) is 1.34. The summed E-state index contributed by atoms with van der Waals surface area (Å²) >= 11 is 0. The topological polar surface area (TPSA) is 12.5 Å². The molecule has 0 N–H and O–H groups in total. The summed E-state index contributed by atoms with van der Waals surface area (Å²) in [5.74, 6) is 0.450. The number of nitrogens with zero attached hydrogens (tertiary/aromatic N) is 1. The molecular weight excluding hydrogens is 169 g/mol. The summed E-state index contributed by atoms with van der Waals surface area (Å²) in [6.45, 7) is 3.25. The number of rotatable bonds is 0. The zero-order valence-corrected chi connectivity index (χ0v) is 7.80. The van der Waals surface area contributed by atoms with Crippen molar-refractivity contribution in [1.29, 1.82) is 0 Å². The second-order valence-corrected chi connectivity index (χ2v) is 3.34. The van der Waals surface area contributed by atoms with Crippen LogP contribution in [0.15, 0.2) is 12.1 Å². The molecule has 1 heterocycles. The molecule has 1 aliphatic heterocycles. The van der Waals surface area contributed by atoms with Crippen molar-refractivity contribution in [2.45, 2.75) is 6.92 Å². The van der Waals surface area contributed by atoms with E-state index in [1.54, 1.807) is 6.92 Å². The van der Waals surface area contributed by atoms with E-state index in [9.17, 15) is 4.39 Å². The quantitative estimate of drug-likeness (QED) is 0.606. The molecule has 1 aliphatic rings. The van der Waals surface area contributed by atoms with Gasteiger partial charge in [0.1, 0.15) is 18.2 Å². The van der Waals surface area contributed by atoms with Gasteiger partial charge in [-0.15, -0.1) is 0 Å². The summed E-state index contributed by atoms with van der Waals surface area (Å²) < 4.78 is 18.5. The van der Waals surface area contributed by atoms with Gasteiger partial charge in [0, 0.05) is 13.1 Å². The van der Waals surface area contributed by atoms with Gasteiger partial charge in [-0.1, -0.05) is 0 Å². The monoisotopic (exact) mass is 181 g/mol. The van der Waals surface area contributed by atoms with Gasteiger partial charge in [-0.25, -0.2) is 4.39 Å². The lowest BCUT2D eigenvalue weighted by Crippen LogP contribution is -2.28. The zero-order chi connectivity index (χ0) is 9.42. The van der Waals surface area contributed by atoms with E-state index in [2.05, 4.69) is 4.90 Å². The average molecular weight is 181 g/mol. The Kier molecular flexibility index (Phi) is 1.87. The van der Waals surface area contributed by atoms with Crippen LogP contribution in [0.25, 0.3) is 0 Å². The summed E-state index contributed by atoms with van der Waals surface area (Å²) in [6, 6.07) is 3.28. The van der Waals surface area contributed by atoms with Crippen molar-refractivity contribution < 1.29 is 9.13 Å². The van der Waals surface area contributed by atoms with Gasteiger partial charge in [-0.2, -0.15) is 0 Å². The molecule has 13 heavy (non-hydrogen) atoms. The largest absolute Gasteiger partial charge is 0.489 e. The first kappa shape index (κ1) is 8.35. The van der Waals surface area contributed by atoms with Crippen molar-refractivity contribution in [2.24, 2.45) is 0 Å². The van der Waals surface area contributed by atoms with Gasteiger partial charge in [0.2, 0.25) is 0 Å². The van der Waals surface area contributed by atoms with Crippen molar-refractivity contribution in [3.05, 3.63) is 23.5 Å². The number of anilines is 1. The Labute approximate surface area is 76.9 Å². The molecule has 0 aliphatic carbocycles. The zero-order valence-electron chi connectivity index (χ0n) is 7.80.